The van der Waals surface area contributed by atoms with Crippen molar-refractivity contribution in [2.75, 3.05) is 26.9 Å². The Morgan fingerprint density at radius 2 is 1.90 bits per heavy atom. The number of methoxy groups -OCH3 is 1. The Labute approximate surface area is 173 Å². The van der Waals surface area contributed by atoms with E-state index in [4.69, 9.17) is 14.2 Å². The van der Waals surface area contributed by atoms with Crippen LogP contribution in [0.2, 0.25) is 0 Å². The van der Waals surface area contributed by atoms with Crippen molar-refractivity contribution in [1.29, 1.82) is 0 Å². The summed E-state index contributed by atoms with van der Waals surface area (Å²) in [7, 11) is -2.11. The predicted molar refractivity (Wildman–Crippen MR) is 110 cm³/mol. The molecule has 0 amide bonds. The van der Waals surface area contributed by atoms with Crippen molar-refractivity contribution < 1.29 is 27.4 Å². The molecule has 0 N–H and O–H groups in total. The molecular formula is C21H31NO6S. The Hall–Kier alpha value is -1.90. The monoisotopic (exact) mass is 425 g/mol. The van der Waals surface area contributed by atoms with Crippen LogP contribution in [0.1, 0.15) is 43.7 Å². The van der Waals surface area contributed by atoms with Gasteiger partial charge in [0, 0.05) is 12.6 Å². The topological polar surface area (TPSA) is 82.1 Å². The molecule has 1 aromatic rings. The number of rotatable bonds is 9. The average molecular weight is 426 g/mol. The minimum Gasteiger partial charge on any atom is -0.497 e. The third-order valence-corrected chi connectivity index (χ3v) is 7.12. The molecule has 0 radical (unpaired) electrons. The zero-order valence-electron chi connectivity index (χ0n) is 17.7. The van der Waals surface area contributed by atoms with Crippen LogP contribution in [0.3, 0.4) is 0 Å². The number of piperidine rings is 1. The second-order valence-electron chi connectivity index (χ2n) is 7.36. The number of hydrogen-bond donors (Lipinski definition) is 0. The van der Waals surface area contributed by atoms with Gasteiger partial charge in [0.25, 0.3) is 0 Å². The minimum absolute atomic E-state index is 0.100. The van der Waals surface area contributed by atoms with E-state index in [1.807, 2.05) is 0 Å². The summed E-state index contributed by atoms with van der Waals surface area (Å²) in [5.74, 6) is 0.569. The van der Waals surface area contributed by atoms with Gasteiger partial charge in [0.1, 0.15) is 5.75 Å². The van der Waals surface area contributed by atoms with Crippen LogP contribution in [-0.2, 0) is 24.3 Å². The SMILES string of the molecule is C=C(C)OC(=O)CCOCC1CCCCN1S(=O)(=O)c1c(C)cc(OC)cc1C. The van der Waals surface area contributed by atoms with Crippen molar-refractivity contribution >= 4 is 16.0 Å². The fraction of sp³-hybridized carbons (Fsp3) is 0.571. The number of ether oxygens (including phenoxy) is 3. The van der Waals surface area contributed by atoms with Gasteiger partial charge >= 0.3 is 5.97 Å². The van der Waals surface area contributed by atoms with Crippen molar-refractivity contribution in [3.63, 3.8) is 0 Å². The molecule has 8 heteroatoms. The maximum Gasteiger partial charge on any atom is 0.313 e. The summed E-state index contributed by atoms with van der Waals surface area (Å²) in [5.41, 5.74) is 1.32. The molecule has 1 fully saturated rings. The van der Waals surface area contributed by atoms with E-state index in [9.17, 15) is 13.2 Å². The molecule has 0 bridgehead atoms. The van der Waals surface area contributed by atoms with E-state index in [0.717, 1.165) is 19.3 Å². The molecule has 0 saturated carbocycles. The quantitative estimate of drug-likeness (QED) is 0.343. The molecule has 0 spiro atoms. The first-order valence-electron chi connectivity index (χ1n) is 9.77. The van der Waals surface area contributed by atoms with E-state index in [1.165, 1.54) is 0 Å². The van der Waals surface area contributed by atoms with Gasteiger partial charge in [-0.15, -0.1) is 0 Å². The zero-order chi connectivity index (χ0) is 21.6. The van der Waals surface area contributed by atoms with Gasteiger partial charge in [0.15, 0.2) is 0 Å². The second-order valence-corrected chi connectivity index (χ2v) is 9.18. The minimum atomic E-state index is -3.67. The summed E-state index contributed by atoms with van der Waals surface area (Å²) < 4.78 is 44.2. The maximum absolute atomic E-state index is 13.4. The summed E-state index contributed by atoms with van der Waals surface area (Å²) in [5, 5.41) is 0. The van der Waals surface area contributed by atoms with Crippen LogP contribution in [-0.4, -0.2) is 51.6 Å². The van der Waals surface area contributed by atoms with Crippen molar-refractivity contribution in [3.05, 3.63) is 35.6 Å². The second kappa shape index (κ2) is 10.2. The summed E-state index contributed by atoms with van der Waals surface area (Å²) >= 11 is 0. The van der Waals surface area contributed by atoms with Crippen LogP contribution >= 0.6 is 0 Å². The number of carbonyl (C=O) groups is 1. The van der Waals surface area contributed by atoms with Crippen LogP contribution in [0.15, 0.2) is 29.4 Å². The van der Waals surface area contributed by atoms with Crippen LogP contribution in [0, 0.1) is 13.8 Å². The first kappa shape index (κ1) is 23.4. The molecule has 1 unspecified atom stereocenters. The number of allylic oxidation sites excluding steroid dienone is 1. The lowest BCUT2D eigenvalue weighted by Crippen LogP contribution is -2.46. The third kappa shape index (κ3) is 6.04. The van der Waals surface area contributed by atoms with E-state index in [1.54, 1.807) is 44.3 Å². The molecular weight excluding hydrogens is 394 g/mol. The van der Waals surface area contributed by atoms with Gasteiger partial charge in [-0.05, 0) is 56.9 Å². The lowest BCUT2D eigenvalue weighted by molar-refractivity contribution is -0.140. The molecule has 7 nitrogen and oxygen atoms in total. The van der Waals surface area contributed by atoms with E-state index in [0.29, 0.717) is 34.1 Å². The van der Waals surface area contributed by atoms with E-state index in [2.05, 4.69) is 6.58 Å². The number of sulfonamides is 1. The van der Waals surface area contributed by atoms with Gasteiger partial charge in [0.05, 0.1) is 37.4 Å². The number of hydrogen-bond acceptors (Lipinski definition) is 6. The molecule has 2 rings (SSSR count). The highest BCUT2D eigenvalue weighted by atomic mass is 32.2. The van der Waals surface area contributed by atoms with Crippen LogP contribution < -0.4 is 4.74 Å². The van der Waals surface area contributed by atoms with Crippen LogP contribution in [0.4, 0.5) is 0 Å². The molecule has 1 heterocycles. The van der Waals surface area contributed by atoms with Crippen molar-refractivity contribution in [1.82, 2.24) is 4.31 Å². The predicted octanol–water partition coefficient (Wildman–Crippen LogP) is 3.34. The fourth-order valence-electron chi connectivity index (χ4n) is 3.63. The van der Waals surface area contributed by atoms with Gasteiger partial charge in [-0.1, -0.05) is 13.0 Å². The van der Waals surface area contributed by atoms with Gasteiger partial charge in [-0.2, -0.15) is 4.31 Å². The number of nitrogens with zero attached hydrogens (tertiary/aromatic N) is 1. The molecule has 1 atom stereocenters. The largest absolute Gasteiger partial charge is 0.497 e. The zero-order valence-corrected chi connectivity index (χ0v) is 18.5. The standard InChI is InChI=1S/C21H31NO6S/c1-15(2)28-20(23)9-11-27-14-18-8-6-7-10-22(18)29(24,25)21-16(3)12-19(26-5)13-17(21)4/h12-13,18H,1,6-11,14H2,2-5H3. The molecule has 0 aliphatic carbocycles. The maximum atomic E-state index is 13.4. The van der Waals surface area contributed by atoms with Gasteiger partial charge < -0.3 is 14.2 Å². The highest BCUT2D eigenvalue weighted by molar-refractivity contribution is 7.89. The summed E-state index contributed by atoms with van der Waals surface area (Å²) in [6.45, 7) is 9.57. The van der Waals surface area contributed by atoms with Crippen LogP contribution in [0.5, 0.6) is 5.75 Å². The first-order valence-corrected chi connectivity index (χ1v) is 11.2. The Morgan fingerprint density at radius 1 is 1.24 bits per heavy atom. The molecule has 1 aliphatic heterocycles. The third-order valence-electron chi connectivity index (χ3n) is 4.86. The summed E-state index contributed by atoms with van der Waals surface area (Å²) in [6.07, 6.45) is 2.58. The first-order chi connectivity index (χ1) is 13.7. The van der Waals surface area contributed by atoms with E-state index < -0.39 is 16.0 Å². The van der Waals surface area contributed by atoms with Crippen molar-refractivity contribution in [2.45, 2.75) is 57.4 Å². The Balaban J connectivity index is 2.10. The Kier molecular flexibility index (Phi) is 8.24. The number of esters is 1. The van der Waals surface area contributed by atoms with Gasteiger partial charge in [-0.3, -0.25) is 4.79 Å². The number of aryl methyl sites for hydroxylation is 2. The van der Waals surface area contributed by atoms with E-state index in [-0.39, 0.29) is 25.7 Å². The molecule has 1 aliphatic rings. The van der Waals surface area contributed by atoms with Gasteiger partial charge in [-0.25, -0.2) is 8.42 Å². The Bertz CT molecular complexity index is 826. The smallest absolute Gasteiger partial charge is 0.313 e. The van der Waals surface area contributed by atoms with Crippen molar-refractivity contribution in [3.8, 4) is 5.75 Å². The summed E-state index contributed by atoms with van der Waals surface area (Å²) in [4.78, 5) is 11.9. The fourth-order valence-corrected chi connectivity index (χ4v) is 5.72. The molecule has 1 saturated heterocycles. The normalized spacial score (nSPS) is 17.7. The summed E-state index contributed by atoms with van der Waals surface area (Å²) in [6, 6.07) is 3.22. The molecule has 1 aromatic carbocycles. The van der Waals surface area contributed by atoms with Gasteiger partial charge in [0.2, 0.25) is 10.0 Å². The van der Waals surface area contributed by atoms with E-state index >= 15 is 0 Å². The molecule has 162 valence electrons. The Morgan fingerprint density at radius 3 is 2.48 bits per heavy atom. The molecule has 0 aromatic heterocycles. The van der Waals surface area contributed by atoms with Crippen LogP contribution in [0.25, 0.3) is 0 Å². The molecule has 29 heavy (non-hydrogen) atoms. The van der Waals surface area contributed by atoms with Crippen molar-refractivity contribution in [2.24, 2.45) is 0 Å². The lowest BCUT2D eigenvalue weighted by Gasteiger charge is -2.35. The number of carbonyl (C=O) groups excluding carboxylic acids is 1. The number of benzene rings is 1. The highest BCUT2D eigenvalue weighted by Crippen LogP contribution is 2.31. The average Bonchev–Trinajstić information content (AvgIpc) is 2.64. The highest BCUT2D eigenvalue weighted by Gasteiger charge is 2.35. The lowest BCUT2D eigenvalue weighted by atomic mass is 10.1.